The van der Waals surface area contributed by atoms with E-state index in [1.807, 2.05) is 0 Å². The number of benzene rings is 1. The zero-order valence-corrected chi connectivity index (χ0v) is 12.4. The maximum absolute atomic E-state index is 13.8. The number of halogens is 1. The van der Waals surface area contributed by atoms with Crippen molar-refractivity contribution < 1.29 is 17.9 Å². The van der Waals surface area contributed by atoms with Crippen LogP contribution in [0.3, 0.4) is 0 Å². The van der Waals surface area contributed by atoms with Gasteiger partial charge in [-0.25, -0.2) is 12.8 Å². The second-order valence-electron chi connectivity index (χ2n) is 4.05. The van der Waals surface area contributed by atoms with Crippen molar-refractivity contribution >= 4 is 27.0 Å². The molecule has 20 heavy (non-hydrogen) atoms. The van der Waals surface area contributed by atoms with Crippen molar-refractivity contribution in [2.75, 3.05) is 10.8 Å². The van der Waals surface area contributed by atoms with Crippen LogP contribution in [0.4, 0.5) is 10.1 Å². The van der Waals surface area contributed by atoms with Gasteiger partial charge in [0.25, 0.3) is 10.0 Å². The SMILES string of the molecule is CCN(c1ccccc1F)S(=O)(=O)c1cc(CO)cs1. The molecule has 2 rings (SSSR count). The predicted octanol–water partition coefficient (Wildman–Crippen LogP) is 2.59. The number of para-hydroxylation sites is 1. The minimum atomic E-state index is -3.82. The van der Waals surface area contributed by atoms with Gasteiger partial charge >= 0.3 is 0 Å². The Morgan fingerprint density at radius 2 is 2.05 bits per heavy atom. The summed E-state index contributed by atoms with van der Waals surface area (Å²) in [5, 5.41) is 10.6. The van der Waals surface area contributed by atoms with Crippen molar-refractivity contribution in [2.45, 2.75) is 17.7 Å². The average Bonchev–Trinajstić information content (AvgIpc) is 2.91. The highest BCUT2D eigenvalue weighted by molar-refractivity contribution is 7.94. The van der Waals surface area contributed by atoms with Gasteiger partial charge in [0.15, 0.2) is 0 Å². The van der Waals surface area contributed by atoms with Crippen molar-refractivity contribution in [1.29, 1.82) is 0 Å². The fourth-order valence-corrected chi connectivity index (χ4v) is 4.60. The lowest BCUT2D eigenvalue weighted by atomic mass is 10.3. The Morgan fingerprint density at radius 3 is 2.60 bits per heavy atom. The molecular weight excluding hydrogens is 301 g/mol. The summed E-state index contributed by atoms with van der Waals surface area (Å²) in [7, 11) is -3.82. The van der Waals surface area contributed by atoms with Gasteiger partial charge in [0, 0.05) is 6.54 Å². The van der Waals surface area contributed by atoms with Gasteiger partial charge in [-0.1, -0.05) is 12.1 Å². The molecular formula is C13H14FNO3S2. The average molecular weight is 315 g/mol. The highest BCUT2D eigenvalue weighted by Crippen LogP contribution is 2.29. The number of sulfonamides is 1. The summed E-state index contributed by atoms with van der Waals surface area (Å²) in [6.07, 6.45) is 0. The van der Waals surface area contributed by atoms with Crippen LogP contribution in [0.1, 0.15) is 12.5 Å². The lowest BCUT2D eigenvalue weighted by Gasteiger charge is -2.22. The predicted molar refractivity (Wildman–Crippen MR) is 76.8 cm³/mol. The zero-order valence-electron chi connectivity index (χ0n) is 10.8. The fourth-order valence-electron chi connectivity index (χ4n) is 1.80. The van der Waals surface area contributed by atoms with Gasteiger partial charge < -0.3 is 5.11 Å². The van der Waals surface area contributed by atoms with Crippen LogP contribution < -0.4 is 4.31 Å². The van der Waals surface area contributed by atoms with Crippen LogP contribution >= 0.6 is 11.3 Å². The third-order valence-corrected chi connectivity index (χ3v) is 6.12. The molecule has 0 aliphatic rings. The highest BCUT2D eigenvalue weighted by atomic mass is 32.2. The van der Waals surface area contributed by atoms with Gasteiger partial charge in [-0.2, -0.15) is 0 Å². The zero-order chi connectivity index (χ0) is 14.8. The molecule has 1 aromatic carbocycles. The van der Waals surface area contributed by atoms with Crippen molar-refractivity contribution in [3.05, 3.63) is 47.1 Å². The van der Waals surface area contributed by atoms with Crippen molar-refractivity contribution in [3.8, 4) is 0 Å². The first-order valence-electron chi connectivity index (χ1n) is 5.96. The molecule has 1 heterocycles. The summed E-state index contributed by atoms with van der Waals surface area (Å²) in [6.45, 7) is 1.54. The van der Waals surface area contributed by atoms with E-state index in [2.05, 4.69) is 0 Å². The van der Waals surface area contributed by atoms with E-state index in [0.717, 1.165) is 15.6 Å². The largest absolute Gasteiger partial charge is 0.392 e. The minimum absolute atomic E-state index is 0.0222. The van der Waals surface area contributed by atoms with E-state index in [4.69, 9.17) is 5.11 Å². The fraction of sp³-hybridized carbons (Fsp3) is 0.231. The van der Waals surface area contributed by atoms with E-state index in [0.29, 0.717) is 5.56 Å². The molecule has 1 N–H and O–H groups in total. The lowest BCUT2D eigenvalue weighted by molar-refractivity contribution is 0.282. The van der Waals surface area contributed by atoms with Crippen LogP contribution in [0.15, 0.2) is 39.9 Å². The lowest BCUT2D eigenvalue weighted by Crippen LogP contribution is -2.30. The molecule has 0 saturated carbocycles. The van der Waals surface area contributed by atoms with Crippen LogP contribution in [0.2, 0.25) is 0 Å². The summed E-state index contributed by atoms with van der Waals surface area (Å²) in [6, 6.07) is 7.15. The topological polar surface area (TPSA) is 57.6 Å². The number of anilines is 1. The summed E-state index contributed by atoms with van der Waals surface area (Å²) >= 11 is 1.01. The van der Waals surface area contributed by atoms with E-state index in [-0.39, 0.29) is 23.0 Å². The maximum Gasteiger partial charge on any atom is 0.273 e. The minimum Gasteiger partial charge on any atom is -0.392 e. The van der Waals surface area contributed by atoms with Gasteiger partial charge in [0.2, 0.25) is 0 Å². The van der Waals surface area contributed by atoms with Crippen LogP contribution in [-0.4, -0.2) is 20.1 Å². The second kappa shape index (κ2) is 5.90. The molecule has 108 valence electrons. The summed E-state index contributed by atoms with van der Waals surface area (Å²) in [5.41, 5.74) is 0.548. The van der Waals surface area contributed by atoms with Crippen LogP contribution in [0.25, 0.3) is 0 Å². The molecule has 0 saturated heterocycles. The number of nitrogens with zero attached hydrogens (tertiary/aromatic N) is 1. The number of thiophene rings is 1. The molecule has 0 amide bonds. The molecule has 0 atom stereocenters. The molecule has 0 bridgehead atoms. The van der Waals surface area contributed by atoms with Crippen LogP contribution in [0, 0.1) is 5.82 Å². The summed E-state index contributed by atoms with van der Waals surface area (Å²) in [4.78, 5) is 0. The quantitative estimate of drug-likeness (QED) is 0.922. The first kappa shape index (κ1) is 15.0. The number of aliphatic hydroxyl groups excluding tert-OH is 1. The van der Waals surface area contributed by atoms with Crippen molar-refractivity contribution in [1.82, 2.24) is 0 Å². The molecule has 0 fully saturated rings. The van der Waals surface area contributed by atoms with Crippen LogP contribution in [0.5, 0.6) is 0 Å². The van der Waals surface area contributed by atoms with E-state index >= 15 is 0 Å². The van der Waals surface area contributed by atoms with Gasteiger partial charge in [0.05, 0.1) is 12.3 Å². The number of aliphatic hydroxyl groups is 1. The van der Waals surface area contributed by atoms with E-state index in [1.54, 1.807) is 18.4 Å². The monoisotopic (exact) mass is 315 g/mol. The van der Waals surface area contributed by atoms with E-state index < -0.39 is 15.8 Å². The number of rotatable bonds is 5. The Bertz CT molecular complexity index is 697. The Hall–Kier alpha value is -1.44. The first-order chi connectivity index (χ1) is 9.50. The smallest absolute Gasteiger partial charge is 0.273 e. The Kier molecular flexibility index (Phi) is 4.42. The highest BCUT2D eigenvalue weighted by Gasteiger charge is 2.27. The third kappa shape index (κ3) is 2.70. The van der Waals surface area contributed by atoms with Crippen LogP contribution in [-0.2, 0) is 16.6 Å². The molecule has 1 aromatic heterocycles. The van der Waals surface area contributed by atoms with Gasteiger partial charge in [-0.3, -0.25) is 4.31 Å². The molecule has 7 heteroatoms. The molecule has 0 radical (unpaired) electrons. The number of hydrogen-bond acceptors (Lipinski definition) is 4. The van der Waals surface area contributed by atoms with Crippen molar-refractivity contribution in [3.63, 3.8) is 0 Å². The molecule has 0 spiro atoms. The summed E-state index contributed by atoms with van der Waals surface area (Å²) in [5.74, 6) is -0.586. The Balaban J connectivity index is 2.48. The van der Waals surface area contributed by atoms with E-state index in [9.17, 15) is 12.8 Å². The molecule has 4 nitrogen and oxygen atoms in total. The Labute approximate surface area is 121 Å². The Morgan fingerprint density at radius 1 is 1.35 bits per heavy atom. The van der Waals surface area contributed by atoms with Gasteiger partial charge in [-0.05, 0) is 36.1 Å². The number of hydrogen-bond donors (Lipinski definition) is 1. The third-order valence-electron chi connectivity index (χ3n) is 2.77. The molecule has 0 aliphatic carbocycles. The molecule has 0 aliphatic heterocycles. The summed E-state index contributed by atoms with van der Waals surface area (Å²) < 4.78 is 40.0. The normalized spacial score (nSPS) is 11.6. The van der Waals surface area contributed by atoms with E-state index in [1.165, 1.54) is 24.3 Å². The second-order valence-corrected chi connectivity index (χ2v) is 7.05. The van der Waals surface area contributed by atoms with Gasteiger partial charge in [-0.15, -0.1) is 11.3 Å². The maximum atomic E-state index is 13.8. The van der Waals surface area contributed by atoms with Gasteiger partial charge in [0.1, 0.15) is 10.0 Å². The molecule has 0 unspecified atom stereocenters. The standard InChI is InChI=1S/C13H14FNO3S2/c1-2-15(12-6-4-3-5-11(12)14)20(17,18)13-7-10(8-16)9-19-13/h3-7,9,16H,2,8H2,1H3. The van der Waals surface area contributed by atoms with Crippen molar-refractivity contribution in [2.24, 2.45) is 0 Å². The molecule has 2 aromatic rings. The first-order valence-corrected chi connectivity index (χ1v) is 8.28.